The fraction of sp³-hybridized carbons (Fsp3) is 0.417. The van der Waals surface area contributed by atoms with Crippen LogP contribution in [0.15, 0.2) is 42.5 Å². The molecule has 1 N–H and O–H groups in total. The molecule has 0 unspecified atom stereocenters. The molecule has 0 aliphatic carbocycles. The molecular weight excluding hydrogens is 497 g/mol. The van der Waals surface area contributed by atoms with Crippen LogP contribution >= 0.6 is 23.2 Å². The molecule has 186 valence electrons. The molecule has 0 aliphatic rings. The van der Waals surface area contributed by atoms with Gasteiger partial charge in [0.15, 0.2) is 0 Å². The molecule has 0 spiro atoms. The molecule has 0 bridgehead atoms. The smallest absolute Gasteiger partial charge is 0.242 e. The molecule has 10 heteroatoms. The molecule has 2 amide bonds. The van der Waals surface area contributed by atoms with Gasteiger partial charge in [-0.15, -0.1) is 0 Å². The van der Waals surface area contributed by atoms with Crippen LogP contribution in [0.3, 0.4) is 0 Å². The summed E-state index contributed by atoms with van der Waals surface area (Å²) < 4.78 is 26.1. The van der Waals surface area contributed by atoms with E-state index in [1.807, 2.05) is 19.9 Å². The maximum atomic E-state index is 13.3. The summed E-state index contributed by atoms with van der Waals surface area (Å²) >= 11 is 12.3. The monoisotopic (exact) mass is 527 g/mol. The summed E-state index contributed by atoms with van der Waals surface area (Å²) in [6.07, 6.45) is 1.91. The zero-order valence-electron chi connectivity index (χ0n) is 19.8. The van der Waals surface area contributed by atoms with Crippen molar-refractivity contribution in [2.45, 2.75) is 45.7 Å². The largest absolute Gasteiger partial charge is 0.357 e. The zero-order valence-corrected chi connectivity index (χ0v) is 22.2. The number of rotatable bonds is 11. The van der Waals surface area contributed by atoms with Crippen molar-refractivity contribution < 1.29 is 18.0 Å². The van der Waals surface area contributed by atoms with Crippen molar-refractivity contribution >= 4 is 50.7 Å². The number of carbonyl (C=O) groups is 2. The molecule has 0 radical (unpaired) electrons. The van der Waals surface area contributed by atoms with Crippen LogP contribution in [-0.2, 0) is 26.2 Å². The lowest BCUT2D eigenvalue weighted by molar-refractivity contribution is -0.141. The summed E-state index contributed by atoms with van der Waals surface area (Å²) in [7, 11) is -2.01. The molecule has 2 aromatic rings. The number of likely N-dealkylation sites (N-methyl/N-ethyl adjacent to an activating group) is 1. The lowest BCUT2D eigenvalue weighted by Crippen LogP contribution is -2.48. The van der Waals surface area contributed by atoms with Gasteiger partial charge in [0.05, 0.1) is 11.9 Å². The van der Waals surface area contributed by atoms with E-state index in [0.717, 1.165) is 11.8 Å². The van der Waals surface area contributed by atoms with Gasteiger partial charge < -0.3 is 10.2 Å². The minimum Gasteiger partial charge on any atom is -0.357 e. The SMILES string of the molecule is CC[C@H](C(=O)NC)N(Cc1ccc(Cl)cc1Cl)C(=O)CCCN(c1cccc(C)c1)S(C)(=O)=O. The highest BCUT2D eigenvalue weighted by molar-refractivity contribution is 7.92. The van der Waals surface area contributed by atoms with Gasteiger partial charge in [0.25, 0.3) is 0 Å². The minimum absolute atomic E-state index is 0.0660. The average molecular weight is 529 g/mol. The Hall–Kier alpha value is -2.29. The van der Waals surface area contributed by atoms with Crippen LogP contribution < -0.4 is 9.62 Å². The second-order valence-electron chi connectivity index (χ2n) is 8.07. The van der Waals surface area contributed by atoms with E-state index in [1.54, 1.807) is 36.4 Å². The average Bonchev–Trinajstić information content (AvgIpc) is 2.76. The van der Waals surface area contributed by atoms with Gasteiger partial charge in [-0.25, -0.2) is 8.42 Å². The van der Waals surface area contributed by atoms with E-state index in [1.165, 1.54) is 16.3 Å². The van der Waals surface area contributed by atoms with Crippen molar-refractivity contribution in [3.05, 3.63) is 63.6 Å². The van der Waals surface area contributed by atoms with Gasteiger partial charge in [-0.1, -0.05) is 48.3 Å². The third-order valence-electron chi connectivity index (χ3n) is 5.43. The number of carbonyl (C=O) groups excluding carboxylic acids is 2. The number of nitrogens with zero attached hydrogens (tertiary/aromatic N) is 2. The molecule has 0 fully saturated rings. The molecular formula is C24H31Cl2N3O4S. The van der Waals surface area contributed by atoms with Crippen LogP contribution in [0, 0.1) is 6.92 Å². The van der Waals surface area contributed by atoms with Crippen LogP contribution in [0.25, 0.3) is 0 Å². The first-order valence-electron chi connectivity index (χ1n) is 11.0. The maximum absolute atomic E-state index is 13.3. The number of sulfonamides is 1. The summed E-state index contributed by atoms with van der Waals surface area (Å²) in [4.78, 5) is 27.3. The van der Waals surface area contributed by atoms with Gasteiger partial charge in [0.1, 0.15) is 6.04 Å². The molecule has 34 heavy (non-hydrogen) atoms. The highest BCUT2D eigenvalue weighted by atomic mass is 35.5. The van der Waals surface area contributed by atoms with Crippen molar-refractivity contribution in [3.63, 3.8) is 0 Å². The number of benzene rings is 2. The van der Waals surface area contributed by atoms with Gasteiger partial charge in [0, 0.05) is 36.6 Å². The fourth-order valence-electron chi connectivity index (χ4n) is 3.71. The molecule has 2 aromatic carbocycles. The van der Waals surface area contributed by atoms with Crippen molar-refractivity contribution in [1.82, 2.24) is 10.2 Å². The van der Waals surface area contributed by atoms with E-state index >= 15 is 0 Å². The third-order valence-corrected chi connectivity index (χ3v) is 7.21. The zero-order chi connectivity index (χ0) is 25.5. The number of hydrogen-bond donors (Lipinski definition) is 1. The molecule has 0 saturated carbocycles. The maximum Gasteiger partial charge on any atom is 0.242 e. The molecule has 1 atom stereocenters. The van der Waals surface area contributed by atoms with Crippen LogP contribution in [0.5, 0.6) is 0 Å². The van der Waals surface area contributed by atoms with Gasteiger partial charge >= 0.3 is 0 Å². The van der Waals surface area contributed by atoms with Crippen molar-refractivity contribution in [1.29, 1.82) is 0 Å². The van der Waals surface area contributed by atoms with Crippen molar-refractivity contribution in [2.75, 3.05) is 24.2 Å². The summed E-state index contributed by atoms with van der Waals surface area (Å²) in [5.41, 5.74) is 2.15. The molecule has 2 rings (SSSR count). The van der Waals surface area contributed by atoms with E-state index in [9.17, 15) is 18.0 Å². The summed E-state index contributed by atoms with van der Waals surface area (Å²) in [6.45, 7) is 3.98. The van der Waals surface area contributed by atoms with E-state index in [-0.39, 0.29) is 37.7 Å². The fourth-order valence-corrected chi connectivity index (χ4v) is 5.13. The van der Waals surface area contributed by atoms with Gasteiger partial charge in [-0.2, -0.15) is 0 Å². The van der Waals surface area contributed by atoms with Crippen molar-refractivity contribution in [2.24, 2.45) is 0 Å². The van der Waals surface area contributed by atoms with E-state index in [4.69, 9.17) is 23.2 Å². The normalized spacial score (nSPS) is 12.2. The molecule has 7 nitrogen and oxygen atoms in total. The number of amides is 2. The van der Waals surface area contributed by atoms with Crippen LogP contribution in [0.1, 0.15) is 37.3 Å². The Morgan fingerprint density at radius 1 is 1.12 bits per heavy atom. The second kappa shape index (κ2) is 12.4. The number of aryl methyl sites for hydroxylation is 1. The predicted molar refractivity (Wildman–Crippen MR) is 138 cm³/mol. The number of halogens is 2. The first-order chi connectivity index (χ1) is 16.0. The molecule has 0 aliphatic heterocycles. The predicted octanol–water partition coefficient (Wildman–Crippen LogP) is 4.40. The highest BCUT2D eigenvalue weighted by Crippen LogP contribution is 2.25. The lowest BCUT2D eigenvalue weighted by atomic mass is 10.1. The van der Waals surface area contributed by atoms with Crippen LogP contribution in [0.4, 0.5) is 5.69 Å². The number of hydrogen-bond acceptors (Lipinski definition) is 4. The van der Waals surface area contributed by atoms with Gasteiger partial charge in [0.2, 0.25) is 21.8 Å². The Kier molecular flexibility index (Phi) is 10.2. The first-order valence-corrected chi connectivity index (χ1v) is 13.6. The summed E-state index contributed by atoms with van der Waals surface area (Å²) in [5.74, 6) is -0.544. The van der Waals surface area contributed by atoms with E-state index in [2.05, 4.69) is 5.32 Å². The van der Waals surface area contributed by atoms with Crippen molar-refractivity contribution in [3.8, 4) is 0 Å². The highest BCUT2D eigenvalue weighted by Gasteiger charge is 2.28. The topological polar surface area (TPSA) is 86.8 Å². The van der Waals surface area contributed by atoms with Gasteiger partial charge in [-0.3, -0.25) is 13.9 Å². The number of nitrogens with one attached hydrogen (secondary N) is 1. The Morgan fingerprint density at radius 2 is 1.82 bits per heavy atom. The summed E-state index contributed by atoms with van der Waals surface area (Å²) in [5, 5.41) is 3.48. The molecule has 0 saturated heterocycles. The van der Waals surface area contributed by atoms with Crippen LogP contribution in [-0.4, -0.2) is 51.0 Å². The quantitative estimate of drug-likeness (QED) is 0.469. The second-order valence-corrected chi connectivity index (χ2v) is 10.8. The van der Waals surface area contributed by atoms with E-state index in [0.29, 0.717) is 27.7 Å². The minimum atomic E-state index is -3.54. The van der Waals surface area contributed by atoms with Crippen LogP contribution in [0.2, 0.25) is 10.0 Å². The Morgan fingerprint density at radius 3 is 2.38 bits per heavy atom. The third kappa shape index (κ3) is 7.61. The summed E-state index contributed by atoms with van der Waals surface area (Å²) in [6, 6.07) is 11.5. The molecule has 0 heterocycles. The Bertz CT molecular complexity index is 1120. The standard InChI is InChI=1S/C24H31Cl2N3O4S/c1-5-22(24(31)27-3)28(16-18-11-12-19(25)15-21(18)26)23(30)10-7-13-29(34(4,32)33)20-9-6-8-17(2)14-20/h6,8-9,11-12,14-15,22H,5,7,10,13,16H2,1-4H3,(H,27,31)/t22-/m1/s1. The first kappa shape index (κ1) is 28.0. The Labute approximate surface area is 212 Å². The molecule has 0 aromatic heterocycles. The lowest BCUT2D eigenvalue weighted by Gasteiger charge is -2.31. The number of anilines is 1. The van der Waals surface area contributed by atoms with E-state index < -0.39 is 16.1 Å². The van der Waals surface area contributed by atoms with Gasteiger partial charge in [-0.05, 0) is 55.2 Å². The Balaban J connectivity index is 2.22.